The van der Waals surface area contributed by atoms with Crippen molar-refractivity contribution in [2.24, 2.45) is 0 Å². The summed E-state index contributed by atoms with van der Waals surface area (Å²) in [6, 6.07) is 0.137. The summed E-state index contributed by atoms with van der Waals surface area (Å²) >= 11 is 0. The molecule has 0 aliphatic carbocycles. The van der Waals surface area contributed by atoms with Gasteiger partial charge in [0, 0.05) is 26.1 Å². The van der Waals surface area contributed by atoms with Gasteiger partial charge in [0.25, 0.3) is 0 Å². The summed E-state index contributed by atoms with van der Waals surface area (Å²) in [5.41, 5.74) is 0. The van der Waals surface area contributed by atoms with E-state index in [4.69, 9.17) is 4.52 Å². The van der Waals surface area contributed by atoms with Gasteiger partial charge in [-0.2, -0.15) is 4.98 Å². The highest BCUT2D eigenvalue weighted by Gasteiger charge is 2.25. The van der Waals surface area contributed by atoms with Crippen molar-refractivity contribution in [3.63, 3.8) is 0 Å². The van der Waals surface area contributed by atoms with Gasteiger partial charge in [0.05, 0.1) is 12.6 Å². The van der Waals surface area contributed by atoms with Crippen LogP contribution in [0.1, 0.15) is 37.5 Å². The Morgan fingerprint density at radius 1 is 1.63 bits per heavy atom. The topological polar surface area (TPSA) is 83.3 Å². The minimum Gasteiger partial charge on any atom is -0.347 e. The van der Waals surface area contributed by atoms with Gasteiger partial charge < -0.3 is 15.2 Å². The molecule has 1 aromatic rings. The first-order valence-electron chi connectivity index (χ1n) is 6.71. The van der Waals surface area contributed by atoms with E-state index in [1.165, 1.54) is 0 Å². The first kappa shape index (κ1) is 14.0. The third-order valence-corrected chi connectivity index (χ3v) is 3.21. The molecule has 0 radical (unpaired) electrons. The van der Waals surface area contributed by atoms with Gasteiger partial charge in [-0.3, -0.25) is 9.69 Å². The van der Waals surface area contributed by atoms with Gasteiger partial charge >= 0.3 is 0 Å². The van der Waals surface area contributed by atoms with Crippen LogP contribution in [0.2, 0.25) is 0 Å². The van der Waals surface area contributed by atoms with Crippen LogP contribution in [0.15, 0.2) is 4.52 Å². The monoisotopic (exact) mass is 267 g/mol. The van der Waals surface area contributed by atoms with Crippen molar-refractivity contribution in [2.45, 2.75) is 32.4 Å². The van der Waals surface area contributed by atoms with Gasteiger partial charge in [0.15, 0.2) is 5.82 Å². The quantitative estimate of drug-likeness (QED) is 0.785. The average molecular weight is 267 g/mol. The van der Waals surface area contributed by atoms with E-state index in [1.54, 1.807) is 0 Å². The van der Waals surface area contributed by atoms with Crippen molar-refractivity contribution in [1.29, 1.82) is 0 Å². The van der Waals surface area contributed by atoms with Crippen molar-refractivity contribution < 1.29 is 9.32 Å². The van der Waals surface area contributed by atoms with Gasteiger partial charge in [-0.05, 0) is 13.5 Å². The Morgan fingerprint density at radius 3 is 3.21 bits per heavy atom. The summed E-state index contributed by atoms with van der Waals surface area (Å²) in [6.07, 6.45) is 1.36. The van der Waals surface area contributed by atoms with Crippen LogP contribution < -0.4 is 10.6 Å². The molecule has 7 nitrogen and oxygen atoms in total. The predicted octanol–water partition coefficient (Wildman–Crippen LogP) is 0.0620. The zero-order valence-electron chi connectivity index (χ0n) is 11.5. The molecule has 1 aliphatic heterocycles. The van der Waals surface area contributed by atoms with E-state index in [0.717, 1.165) is 26.1 Å². The molecule has 1 amide bonds. The maximum atomic E-state index is 11.4. The number of hydrogen-bond donors (Lipinski definition) is 2. The molecule has 0 aromatic carbocycles. The third kappa shape index (κ3) is 3.74. The fourth-order valence-electron chi connectivity index (χ4n) is 2.06. The highest BCUT2D eigenvalue weighted by molar-refractivity contribution is 5.75. The first-order chi connectivity index (χ1) is 9.20. The lowest BCUT2D eigenvalue weighted by Gasteiger charge is -2.30. The van der Waals surface area contributed by atoms with E-state index in [1.807, 2.05) is 14.0 Å². The first-order valence-corrected chi connectivity index (χ1v) is 6.71. The number of amides is 1. The Hall–Kier alpha value is -1.47. The average Bonchev–Trinajstić information content (AvgIpc) is 2.86. The fraction of sp³-hybridized carbons (Fsp3) is 0.750. The summed E-state index contributed by atoms with van der Waals surface area (Å²) in [5, 5.41) is 10.1. The molecule has 1 aliphatic rings. The molecule has 1 unspecified atom stereocenters. The summed E-state index contributed by atoms with van der Waals surface area (Å²) in [4.78, 5) is 17.9. The fourth-order valence-corrected chi connectivity index (χ4v) is 2.06. The van der Waals surface area contributed by atoms with Crippen LogP contribution in [0.3, 0.4) is 0 Å². The lowest BCUT2D eigenvalue weighted by atomic mass is 10.2. The molecule has 1 saturated heterocycles. The van der Waals surface area contributed by atoms with E-state index in [9.17, 15) is 4.79 Å². The normalized spacial score (nSPS) is 20.4. The number of rotatable bonds is 5. The van der Waals surface area contributed by atoms with E-state index < -0.39 is 0 Å². The number of carbonyl (C=O) groups is 1. The number of likely N-dealkylation sites (N-methyl/N-ethyl adjacent to an activating group) is 1. The number of nitrogens with zero attached hydrogens (tertiary/aromatic N) is 3. The molecule has 1 atom stereocenters. The zero-order chi connectivity index (χ0) is 13.7. The van der Waals surface area contributed by atoms with Gasteiger partial charge in [0.2, 0.25) is 11.8 Å². The van der Waals surface area contributed by atoms with E-state index in [0.29, 0.717) is 24.7 Å². The third-order valence-electron chi connectivity index (χ3n) is 3.21. The summed E-state index contributed by atoms with van der Waals surface area (Å²) in [5.74, 6) is 1.14. The second-order valence-electron chi connectivity index (χ2n) is 4.77. The predicted molar refractivity (Wildman–Crippen MR) is 69.3 cm³/mol. The summed E-state index contributed by atoms with van der Waals surface area (Å²) in [7, 11) is 2.05. The Labute approximate surface area is 112 Å². The van der Waals surface area contributed by atoms with Gasteiger partial charge in [-0.1, -0.05) is 12.1 Å². The molecule has 2 rings (SSSR count). The molecule has 19 heavy (non-hydrogen) atoms. The Morgan fingerprint density at radius 2 is 2.47 bits per heavy atom. The Bertz CT molecular complexity index is 420. The van der Waals surface area contributed by atoms with E-state index >= 15 is 0 Å². The maximum Gasteiger partial charge on any atom is 0.246 e. The molecular weight excluding hydrogens is 246 g/mol. The van der Waals surface area contributed by atoms with Crippen molar-refractivity contribution >= 4 is 5.91 Å². The minimum atomic E-state index is 0.0127. The largest absolute Gasteiger partial charge is 0.347 e. The molecule has 1 fully saturated rings. The number of carbonyl (C=O) groups excluding carboxylic acids is 1. The SMILES string of the molecule is CCCC(=O)NCc1nc(C2CNCCN2C)no1. The molecule has 7 heteroatoms. The molecule has 0 saturated carbocycles. The highest BCUT2D eigenvalue weighted by atomic mass is 16.5. The van der Waals surface area contributed by atoms with Crippen molar-refractivity contribution in [1.82, 2.24) is 25.7 Å². The molecule has 0 spiro atoms. The molecule has 106 valence electrons. The van der Waals surface area contributed by atoms with Crippen LogP contribution in [-0.4, -0.2) is 47.6 Å². The van der Waals surface area contributed by atoms with Gasteiger partial charge in [0.1, 0.15) is 0 Å². The minimum absolute atomic E-state index is 0.0127. The van der Waals surface area contributed by atoms with Crippen LogP contribution >= 0.6 is 0 Å². The van der Waals surface area contributed by atoms with Gasteiger partial charge in [-0.25, -0.2) is 0 Å². The van der Waals surface area contributed by atoms with Crippen LogP contribution in [-0.2, 0) is 11.3 Å². The van der Waals surface area contributed by atoms with E-state index in [2.05, 4.69) is 25.7 Å². The molecular formula is C12H21N5O2. The number of nitrogens with one attached hydrogen (secondary N) is 2. The Balaban J connectivity index is 1.89. The van der Waals surface area contributed by atoms with Crippen molar-refractivity contribution in [2.75, 3.05) is 26.7 Å². The highest BCUT2D eigenvalue weighted by Crippen LogP contribution is 2.17. The number of piperazine rings is 1. The van der Waals surface area contributed by atoms with Crippen LogP contribution in [0.25, 0.3) is 0 Å². The van der Waals surface area contributed by atoms with Gasteiger partial charge in [-0.15, -0.1) is 0 Å². The molecule has 2 heterocycles. The lowest BCUT2D eigenvalue weighted by Crippen LogP contribution is -2.44. The maximum absolute atomic E-state index is 11.4. The van der Waals surface area contributed by atoms with Crippen LogP contribution in [0.4, 0.5) is 0 Å². The van der Waals surface area contributed by atoms with Crippen LogP contribution in [0.5, 0.6) is 0 Å². The zero-order valence-corrected chi connectivity index (χ0v) is 11.5. The van der Waals surface area contributed by atoms with Crippen molar-refractivity contribution in [3.8, 4) is 0 Å². The lowest BCUT2D eigenvalue weighted by molar-refractivity contribution is -0.121. The van der Waals surface area contributed by atoms with Crippen LogP contribution in [0, 0.1) is 0 Å². The smallest absolute Gasteiger partial charge is 0.246 e. The second kappa shape index (κ2) is 6.63. The number of hydrogen-bond acceptors (Lipinski definition) is 6. The summed E-state index contributed by atoms with van der Waals surface area (Å²) < 4.78 is 5.16. The standard InChI is InChI=1S/C12H21N5O2/c1-3-4-10(18)14-8-11-15-12(16-19-11)9-7-13-5-6-17(9)2/h9,13H,3-8H2,1-2H3,(H,14,18). The molecule has 2 N–H and O–H groups in total. The molecule has 0 bridgehead atoms. The van der Waals surface area contributed by atoms with Crippen molar-refractivity contribution in [3.05, 3.63) is 11.7 Å². The Kier molecular flexibility index (Phi) is 4.86. The summed E-state index contributed by atoms with van der Waals surface area (Å²) in [6.45, 7) is 5.02. The number of aromatic nitrogens is 2. The molecule has 1 aromatic heterocycles. The second-order valence-corrected chi connectivity index (χ2v) is 4.77. The van der Waals surface area contributed by atoms with E-state index in [-0.39, 0.29) is 11.9 Å².